The van der Waals surface area contributed by atoms with Gasteiger partial charge in [0.25, 0.3) is 0 Å². The van der Waals surface area contributed by atoms with Crippen LogP contribution in [0.15, 0.2) is 35.5 Å². The molecule has 0 aliphatic rings. The lowest BCUT2D eigenvalue weighted by Gasteiger charge is -2.09. The van der Waals surface area contributed by atoms with E-state index >= 15 is 0 Å². The van der Waals surface area contributed by atoms with Crippen LogP contribution in [0, 0.1) is 0 Å². The molecular formula is C13H16N4OS. The minimum Gasteiger partial charge on any atom is -0.369 e. The van der Waals surface area contributed by atoms with E-state index in [-0.39, 0.29) is 11.2 Å². The molecule has 1 heterocycles. The molecule has 6 heteroatoms. The van der Waals surface area contributed by atoms with Crippen molar-refractivity contribution in [2.24, 2.45) is 5.73 Å². The first-order chi connectivity index (χ1) is 9.13. The summed E-state index contributed by atoms with van der Waals surface area (Å²) in [4.78, 5) is 11.1. The Morgan fingerprint density at radius 2 is 2.05 bits per heavy atom. The van der Waals surface area contributed by atoms with E-state index < -0.39 is 0 Å². The molecule has 5 nitrogen and oxygen atoms in total. The molecule has 0 spiro atoms. The van der Waals surface area contributed by atoms with E-state index in [2.05, 4.69) is 10.2 Å². The second-order valence-electron chi connectivity index (χ2n) is 4.08. The Morgan fingerprint density at radius 3 is 2.63 bits per heavy atom. The Labute approximate surface area is 116 Å². The van der Waals surface area contributed by atoms with Gasteiger partial charge in [-0.3, -0.25) is 4.79 Å². The van der Waals surface area contributed by atoms with E-state index in [1.807, 2.05) is 41.8 Å². The Hall–Kier alpha value is -1.82. The zero-order valence-electron chi connectivity index (χ0n) is 10.9. The van der Waals surface area contributed by atoms with Crippen molar-refractivity contribution in [2.75, 3.05) is 0 Å². The van der Waals surface area contributed by atoms with Gasteiger partial charge in [-0.05, 0) is 13.8 Å². The van der Waals surface area contributed by atoms with Crippen molar-refractivity contribution >= 4 is 17.7 Å². The van der Waals surface area contributed by atoms with E-state index in [4.69, 9.17) is 5.73 Å². The third kappa shape index (κ3) is 2.96. The average Bonchev–Trinajstić information content (AvgIpc) is 2.82. The van der Waals surface area contributed by atoms with Gasteiger partial charge < -0.3 is 10.3 Å². The number of carbonyl (C=O) groups is 1. The van der Waals surface area contributed by atoms with Crippen molar-refractivity contribution in [1.82, 2.24) is 14.8 Å². The molecule has 1 unspecified atom stereocenters. The summed E-state index contributed by atoms with van der Waals surface area (Å²) in [6, 6.07) is 9.86. The first kappa shape index (κ1) is 13.6. The largest absolute Gasteiger partial charge is 0.369 e. The molecule has 0 radical (unpaired) electrons. The monoisotopic (exact) mass is 276 g/mol. The van der Waals surface area contributed by atoms with Crippen LogP contribution in [-0.4, -0.2) is 25.9 Å². The highest BCUT2D eigenvalue weighted by atomic mass is 32.2. The van der Waals surface area contributed by atoms with Crippen LogP contribution in [0.4, 0.5) is 0 Å². The molecule has 0 bridgehead atoms. The van der Waals surface area contributed by atoms with Gasteiger partial charge in [-0.15, -0.1) is 10.2 Å². The number of nitrogens with zero attached hydrogens (tertiary/aromatic N) is 3. The smallest absolute Gasteiger partial charge is 0.230 e. The molecule has 19 heavy (non-hydrogen) atoms. The van der Waals surface area contributed by atoms with Crippen LogP contribution in [0.3, 0.4) is 0 Å². The fraction of sp³-hybridized carbons (Fsp3) is 0.308. The van der Waals surface area contributed by atoms with Gasteiger partial charge in [-0.1, -0.05) is 42.1 Å². The zero-order chi connectivity index (χ0) is 13.8. The number of benzene rings is 1. The van der Waals surface area contributed by atoms with Gasteiger partial charge in [0.2, 0.25) is 5.91 Å². The van der Waals surface area contributed by atoms with Gasteiger partial charge in [0.05, 0.1) is 5.25 Å². The summed E-state index contributed by atoms with van der Waals surface area (Å²) in [7, 11) is 0. The van der Waals surface area contributed by atoms with Crippen LogP contribution in [0.25, 0.3) is 11.4 Å². The van der Waals surface area contributed by atoms with Crippen LogP contribution in [0.5, 0.6) is 0 Å². The summed E-state index contributed by atoms with van der Waals surface area (Å²) >= 11 is 1.33. The van der Waals surface area contributed by atoms with Crippen LogP contribution in [0.1, 0.15) is 13.8 Å². The third-order valence-corrected chi connectivity index (χ3v) is 3.85. The van der Waals surface area contributed by atoms with Gasteiger partial charge in [0.1, 0.15) is 0 Å². The van der Waals surface area contributed by atoms with Crippen molar-refractivity contribution in [3.63, 3.8) is 0 Å². The number of rotatable bonds is 5. The minimum atomic E-state index is -0.350. The lowest BCUT2D eigenvalue weighted by Crippen LogP contribution is -2.23. The van der Waals surface area contributed by atoms with Gasteiger partial charge in [0.15, 0.2) is 11.0 Å². The predicted molar refractivity (Wildman–Crippen MR) is 75.6 cm³/mol. The highest BCUT2D eigenvalue weighted by molar-refractivity contribution is 8.00. The molecule has 1 atom stereocenters. The highest BCUT2D eigenvalue weighted by Gasteiger charge is 2.18. The number of thioether (sulfide) groups is 1. The van der Waals surface area contributed by atoms with Crippen molar-refractivity contribution in [3.05, 3.63) is 30.3 Å². The summed E-state index contributed by atoms with van der Waals surface area (Å²) in [6.07, 6.45) is 0. The Bertz CT molecular complexity index is 567. The standard InChI is InChI=1S/C13H16N4OS/c1-3-17-12(10-7-5-4-6-8-10)15-16-13(17)19-9(2)11(14)18/h4-9H,3H2,1-2H3,(H2,14,18). The molecule has 1 aromatic heterocycles. The predicted octanol–water partition coefficient (Wildman–Crippen LogP) is 1.93. The number of hydrogen-bond donors (Lipinski definition) is 1. The molecule has 1 amide bonds. The number of carbonyl (C=O) groups excluding carboxylic acids is 1. The molecule has 0 saturated carbocycles. The topological polar surface area (TPSA) is 73.8 Å². The number of primary amides is 1. The molecule has 0 aliphatic carbocycles. The maximum atomic E-state index is 11.1. The first-order valence-corrected chi connectivity index (χ1v) is 6.96. The highest BCUT2D eigenvalue weighted by Crippen LogP contribution is 2.26. The first-order valence-electron chi connectivity index (χ1n) is 6.08. The van der Waals surface area contributed by atoms with Crippen molar-refractivity contribution < 1.29 is 4.79 Å². The SMILES string of the molecule is CCn1c(SC(C)C(N)=O)nnc1-c1ccccc1. The quantitative estimate of drug-likeness (QED) is 0.847. The van der Waals surface area contributed by atoms with Crippen molar-refractivity contribution in [2.45, 2.75) is 30.8 Å². The summed E-state index contributed by atoms with van der Waals surface area (Å²) in [6.45, 7) is 4.53. The molecule has 0 saturated heterocycles. The lowest BCUT2D eigenvalue weighted by molar-refractivity contribution is -0.117. The van der Waals surface area contributed by atoms with Gasteiger partial charge in [-0.25, -0.2) is 0 Å². The van der Waals surface area contributed by atoms with E-state index in [0.717, 1.165) is 17.9 Å². The van der Waals surface area contributed by atoms with Crippen LogP contribution in [0.2, 0.25) is 0 Å². The van der Waals surface area contributed by atoms with Gasteiger partial charge in [0, 0.05) is 12.1 Å². The van der Waals surface area contributed by atoms with E-state index in [1.54, 1.807) is 6.92 Å². The molecule has 1 aromatic carbocycles. The Balaban J connectivity index is 2.33. The molecule has 0 fully saturated rings. The summed E-state index contributed by atoms with van der Waals surface area (Å²) in [5.74, 6) is 0.458. The van der Waals surface area contributed by atoms with Gasteiger partial charge in [-0.2, -0.15) is 0 Å². The van der Waals surface area contributed by atoms with Crippen molar-refractivity contribution in [1.29, 1.82) is 0 Å². The molecule has 0 aliphatic heterocycles. The maximum Gasteiger partial charge on any atom is 0.230 e. The average molecular weight is 276 g/mol. The summed E-state index contributed by atoms with van der Waals surface area (Å²) < 4.78 is 1.99. The maximum absolute atomic E-state index is 11.1. The third-order valence-electron chi connectivity index (χ3n) is 2.75. The number of nitrogens with two attached hydrogens (primary N) is 1. The lowest BCUT2D eigenvalue weighted by atomic mass is 10.2. The molecular weight excluding hydrogens is 260 g/mol. The zero-order valence-corrected chi connectivity index (χ0v) is 11.7. The molecule has 2 rings (SSSR count). The van der Waals surface area contributed by atoms with Crippen LogP contribution in [-0.2, 0) is 11.3 Å². The van der Waals surface area contributed by atoms with Crippen LogP contribution >= 0.6 is 11.8 Å². The number of aromatic nitrogens is 3. The minimum absolute atomic E-state index is 0.321. The molecule has 2 aromatic rings. The van der Waals surface area contributed by atoms with Crippen molar-refractivity contribution in [3.8, 4) is 11.4 Å². The Kier molecular flexibility index (Phi) is 4.21. The fourth-order valence-electron chi connectivity index (χ4n) is 1.68. The molecule has 100 valence electrons. The summed E-state index contributed by atoms with van der Waals surface area (Å²) in [5.41, 5.74) is 6.29. The number of hydrogen-bond acceptors (Lipinski definition) is 4. The Morgan fingerprint density at radius 1 is 1.37 bits per heavy atom. The van der Waals surface area contributed by atoms with E-state index in [0.29, 0.717) is 5.16 Å². The van der Waals surface area contributed by atoms with Crippen LogP contribution < -0.4 is 5.73 Å². The van der Waals surface area contributed by atoms with E-state index in [1.165, 1.54) is 11.8 Å². The number of amides is 1. The van der Waals surface area contributed by atoms with Gasteiger partial charge >= 0.3 is 0 Å². The second-order valence-corrected chi connectivity index (χ2v) is 5.39. The summed E-state index contributed by atoms with van der Waals surface area (Å²) in [5, 5.41) is 8.76. The second kappa shape index (κ2) is 5.88. The van der Waals surface area contributed by atoms with E-state index in [9.17, 15) is 4.79 Å². The molecule has 2 N–H and O–H groups in total. The normalized spacial score (nSPS) is 12.3. The fourth-order valence-corrected chi connectivity index (χ4v) is 2.54.